The van der Waals surface area contributed by atoms with E-state index in [1.165, 1.54) is 22.5 Å². The maximum absolute atomic E-state index is 13.3. The number of anilines is 1. The zero-order chi connectivity index (χ0) is 18.9. The molecule has 0 atom stereocenters. The lowest BCUT2D eigenvalue weighted by atomic mass is 10.0. The van der Waals surface area contributed by atoms with Gasteiger partial charge in [0.15, 0.2) is 0 Å². The van der Waals surface area contributed by atoms with Crippen LogP contribution in [0.3, 0.4) is 0 Å². The molecule has 3 rings (SSSR count). The standard InChI is InChI=1S/C17H19FN2O4S2/c1-2-25(21,22)20-9-8-13-6-7-16(10-14(13)12-20)19-26(23,24)17-5-3-4-15(18)11-17/h3-7,10-11,19H,2,8-9,12H2,1H3. The van der Waals surface area contributed by atoms with Gasteiger partial charge in [0.1, 0.15) is 5.82 Å². The first kappa shape index (κ1) is 18.8. The van der Waals surface area contributed by atoms with Crippen molar-refractivity contribution in [3.8, 4) is 0 Å². The van der Waals surface area contributed by atoms with Crippen LogP contribution in [-0.4, -0.2) is 33.4 Å². The van der Waals surface area contributed by atoms with Gasteiger partial charge in [0.25, 0.3) is 10.0 Å². The van der Waals surface area contributed by atoms with Gasteiger partial charge in [-0.15, -0.1) is 0 Å². The normalized spacial score (nSPS) is 15.5. The molecule has 0 aromatic heterocycles. The van der Waals surface area contributed by atoms with Crippen molar-refractivity contribution >= 4 is 25.7 Å². The topological polar surface area (TPSA) is 83.6 Å². The van der Waals surface area contributed by atoms with E-state index in [0.717, 1.165) is 17.2 Å². The van der Waals surface area contributed by atoms with E-state index >= 15 is 0 Å². The summed E-state index contributed by atoms with van der Waals surface area (Å²) in [6, 6.07) is 9.78. The Bertz CT molecular complexity index is 1040. The fraction of sp³-hybridized carbons (Fsp3) is 0.294. The summed E-state index contributed by atoms with van der Waals surface area (Å²) in [5.74, 6) is -0.618. The maximum Gasteiger partial charge on any atom is 0.261 e. The molecule has 2 aromatic carbocycles. The molecule has 1 heterocycles. The van der Waals surface area contributed by atoms with Gasteiger partial charge in [0, 0.05) is 18.8 Å². The molecule has 26 heavy (non-hydrogen) atoms. The number of nitrogens with zero attached hydrogens (tertiary/aromatic N) is 1. The molecule has 0 saturated heterocycles. The minimum Gasteiger partial charge on any atom is -0.280 e. The maximum atomic E-state index is 13.3. The summed E-state index contributed by atoms with van der Waals surface area (Å²) in [4.78, 5) is -0.176. The van der Waals surface area contributed by atoms with Gasteiger partial charge in [-0.05, 0) is 54.8 Å². The molecule has 0 aliphatic carbocycles. The number of sulfonamides is 2. The van der Waals surface area contributed by atoms with E-state index in [1.54, 1.807) is 25.1 Å². The summed E-state index contributed by atoms with van der Waals surface area (Å²) in [5, 5.41) is 0. The average Bonchev–Trinajstić information content (AvgIpc) is 2.60. The molecule has 140 valence electrons. The molecule has 0 fully saturated rings. The zero-order valence-corrected chi connectivity index (χ0v) is 15.8. The van der Waals surface area contributed by atoms with Gasteiger partial charge in [-0.25, -0.2) is 21.2 Å². The molecule has 0 radical (unpaired) electrons. The van der Waals surface area contributed by atoms with Gasteiger partial charge < -0.3 is 0 Å². The Labute approximate surface area is 152 Å². The van der Waals surface area contributed by atoms with Crippen LogP contribution < -0.4 is 4.72 Å². The zero-order valence-electron chi connectivity index (χ0n) is 14.1. The Morgan fingerprint density at radius 2 is 1.85 bits per heavy atom. The smallest absolute Gasteiger partial charge is 0.261 e. The van der Waals surface area contributed by atoms with Crippen LogP contribution in [-0.2, 0) is 33.0 Å². The van der Waals surface area contributed by atoms with Crippen LogP contribution in [0.5, 0.6) is 0 Å². The Balaban J connectivity index is 1.87. The monoisotopic (exact) mass is 398 g/mol. The van der Waals surface area contributed by atoms with Crippen LogP contribution in [0.15, 0.2) is 47.4 Å². The lowest BCUT2D eigenvalue weighted by Crippen LogP contribution is -2.36. The molecule has 1 aliphatic rings. The van der Waals surface area contributed by atoms with Crippen molar-refractivity contribution in [2.75, 3.05) is 17.0 Å². The van der Waals surface area contributed by atoms with Crippen molar-refractivity contribution in [2.24, 2.45) is 0 Å². The van der Waals surface area contributed by atoms with Crippen molar-refractivity contribution in [3.63, 3.8) is 0 Å². The molecule has 0 unspecified atom stereocenters. The third kappa shape index (κ3) is 3.89. The third-order valence-corrected chi connectivity index (χ3v) is 7.51. The second-order valence-corrected chi connectivity index (χ2v) is 9.97. The van der Waals surface area contributed by atoms with Crippen molar-refractivity contribution in [3.05, 3.63) is 59.4 Å². The summed E-state index contributed by atoms with van der Waals surface area (Å²) in [6.45, 7) is 2.22. The van der Waals surface area contributed by atoms with E-state index in [-0.39, 0.29) is 17.2 Å². The van der Waals surface area contributed by atoms with Gasteiger partial charge in [-0.3, -0.25) is 4.72 Å². The Kier molecular flexibility index (Phi) is 5.05. The number of fused-ring (bicyclic) bond motifs is 1. The second-order valence-electron chi connectivity index (χ2n) is 6.03. The number of nitrogens with one attached hydrogen (secondary N) is 1. The van der Waals surface area contributed by atoms with Crippen LogP contribution in [0.25, 0.3) is 0 Å². The molecule has 0 saturated carbocycles. The summed E-state index contributed by atoms with van der Waals surface area (Å²) in [5.41, 5.74) is 2.05. The van der Waals surface area contributed by atoms with E-state index in [2.05, 4.69) is 4.72 Å². The van der Waals surface area contributed by atoms with Crippen molar-refractivity contribution in [1.29, 1.82) is 0 Å². The van der Waals surface area contributed by atoms with E-state index in [1.807, 2.05) is 0 Å². The number of rotatable bonds is 5. The number of benzene rings is 2. The Morgan fingerprint density at radius 3 is 2.54 bits per heavy atom. The second kappa shape index (κ2) is 6.98. The molecule has 0 amide bonds. The van der Waals surface area contributed by atoms with Gasteiger partial charge in [-0.2, -0.15) is 4.31 Å². The highest BCUT2D eigenvalue weighted by atomic mass is 32.2. The SMILES string of the molecule is CCS(=O)(=O)N1CCc2ccc(NS(=O)(=O)c3cccc(F)c3)cc2C1. The van der Waals surface area contributed by atoms with Crippen molar-refractivity contribution in [1.82, 2.24) is 4.31 Å². The fourth-order valence-electron chi connectivity index (χ4n) is 2.86. The highest BCUT2D eigenvalue weighted by Crippen LogP contribution is 2.26. The predicted molar refractivity (Wildman–Crippen MR) is 97.2 cm³/mol. The van der Waals surface area contributed by atoms with Gasteiger partial charge >= 0.3 is 0 Å². The van der Waals surface area contributed by atoms with Gasteiger partial charge in [0.2, 0.25) is 10.0 Å². The average molecular weight is 398 g/mol. The molecule has 0 spiro atoms. The Morgan fingerprint density at radius 1 is 1.08 bits per heavy atom. The molecule has 9 heteroatoms. The molecule has 1 aliphatic heterocycles. The highest BCUT2D eigenvalue weighted by molar-refractivity contribution is 7.92. The minimum atomic E-state index is -3.93. The van der Waals surface area contributed by atoms with E-state index in [9.17, 15) is 21.2 Å². The van der Waals surface area contributed by atoms with Gasteiger partial charge in [-0.1, -0.05) is 12.1 Å². The molecule has 6 nitrogen and oxygen atoms in total. The lowest BCUT2D eigenvalue weighted by molar-refractivity contribution is 0.392. The van der Waals surface area contributed by atoms with Gasteiger partial charge in [0.05, 0.1) is 10.6 Å². The summed E-state index contributed by atoms with van der Waals surface area (Å²) < 4.78 is 66.1. The van der Waals surface area contributed by atoms with Crippen LogP contribution >= 0.6 is 0 Å². The van der Waals surface area contributed by atoms with E-state index < -0.39 is 25.9 Å². The summed E-state index contributed by atoms with van der Waals surface area (Å²) in [6.07, 6.45) is 0.575. The molecule has 1 N–H and O–H groups in total. The van der Waals surface area contributed by atoms with Crippen LogP contribution in [0.4, 0.5) is 10.1 Å². The number of hydrogen-bond acceptors (Lipinski definition) is 4. The first-order valence-corrected chi connectivity index (χ1v) is 11.2. The van der Waals surface area contributed by atoms with Crippen LogP contribution in [0, 0.1) is 5.82 Å². The quantitative estimate of drug-likeness (QED) is 0.838. The summed E-state index contributed by atoms with van der Waals surface area (Å²) in [7, 11) is -7.24. The highest BCUT2D eigenvalue weighted by Gasteiger charge is 2.25. The molecule has 0 bridgehead atoms. The lowest BCUT2D eigenvalue weighted by Gasteiger charge is -2.28. The first-order chi connectivity index (χ1) is 12.2. The molecule has 2 aromatic rings. The molecular formula is C17H19FN2O4S2. The largest absolute Gasteiger partial charge is 0.280 e. The third-order valence-electron chi connectivity index (χ3n) is 4.30. The van der Waals surface area contributed by atoms with Crippen molar-refractivity contribution < 1.29 is 21.2 Å². The molecular weight excluding hydrogens is 379 g/mol. The fourth-order valence-corrected chi connectivity index (χ4v) is 5.01. The predicted octanol–water partition coefficient (Wildman–Crippen LogP) is 2.33. The Hall–Kier alpha value is -1.97. The first-order valence-electron chi connectivity index (χ1n) is 8.09. The number of halogens is 1. The van der Waals surface area contributed by atoms with Crippen LogP contribution in [0.2, 0.25) is 0 Å². The van der Waals surface area contributed by atoms with E-state index in [4.69, 9.17) is 0 Å². The summed E-state index contributed by atoms with van der Waals surface area (Å²) >= 11 is 0. The van der Waals surface area contributed by atoms with Crippen molar-refractivity contribution in [2.45, 2.75) is 24.8 Å². The van der Waals surface area contributed by atoms with Crippen LogP contribution in [0.1, 0.15) is 18.1 Å². The van der Waals surface area contributed by atoms with E-state index in [0.29, 0.717) is 18.7 Å². The minimum absolute atomic E-state index is 0.0220. The number of hydrogen-bond donors (Lipinski definition) is 1.